The lowest BCUT2D eigenvalue weighted by atomic mass is 10.0. The first-order chi connectivity index (χ1) is 9.74. The Kier molecular flexibility index (Phi) is 4.03. The van der Waals surface area contributed by atoms with Crippen LogP contribution in [0.15, 0.2) is 36.5 Å². The number of hydrogen-bond donors (Lipinski definition) is 1. The van der Waals surface area contributed by atoms with E-state index in [4.69, 9.17) is 12.2 Å². The van der Waals surface area contributed by atoms with Gasteiger partial charge >= 0.3 is 0 Å². The second-order valence-corrected chi connectivity index (χ2v) is 6.01. The van der Waals surface area contributed by atoms with Gasteiger partial charge in [0.25, 0.3) is 0 Å². The molecule has 2 heterocycles. The van der Waals surface area contributed by atoms with Crippen molar-refractivity contribution in [2.75, 3.05) is 13.1 Å². The van der Waals surface area contributed by atoms with E-state index in [2.05, 4.69) is 51.7 Å². The summed E-state index contributed by atoms with van der Waals surface area (Å²) in [5, 5.41) is 0. The molecule has 2 aromatic rings. The van der Waals surface area contributed by atoms with Crippen molar-refractivity contribution >= 4 is 12.2 Å². The molecule has 3 rings (SSSR count). The number of hydrogen-bond acceptors (Lipinski definition) is 2. The van der Waals surface area contributed by atoms with Crippen molar-refractivity contribution in [1.29, 1.82) is 0 Å². The molecule has 1 aromatic heterocycles. The monoisotopic (exact) mass is 287 g/mol. The lowest BCUT2D eigenvalue weighted by molar-refractivity contribution is 0.168. The molecule has 106 valence electrons. The predicted molar refractivity (Wildman–Crippen MR) is 84.3 cm³/mol. The summed E-state index contributed by atoms with van der Waals surface area (Å²) in [5.41, 5.74) is 2.63. The highest BCUT2D eigenvalue weighted by Crippen LogP contribution is 2.24. The average Bonchev–Trinajstić information content (AvgIpc) is 2.80. The molecule has 0 aliphatic carbocycles. The molecule has 0 saturated carbocycles. The second kappa shape index (κ2) is 5.94. The standard InChI is InChI=1S/C16H21N3S/c1-13-10-17-16(20)19(13)15-8-5-9-18(12-15)11-14-6-3-2-4-7-14/h2-4,6-7,10,15H,5,8-9,11-12H2,1H3,(H,17,20). The maximum absolute atomic E-state index is 5.41. The molecule has 1 unspecified atom stereocenters. The molecule has 0 radical (unpaired) electrons. The Morgan fingerprint density at radius 2 is 2.10 bits per heavy atom. The normalized spacial score (nSPS) is 20.1. The minimum absolute atomic E-state index is 0.506. The van der Waals surface area contributed by atoms with Crippen molar-refractivity contribution in [3.63, 3.8) is 0 Å². The number of rotatable bonds is 3. The topological polar surface area (TPSA) is 24.0 Å². The minimum Gasteiger partial charge on any atom is -0.337 e. The fourth-order valence-electron chi connectivity index (χ4n) is 3.15. The van der Waals surface area contributed by atoms with Crippen LogP contribution in [-0.4, -0.2) is 27.5 Å². The Hall–Kier alpha value is -1.39. The van der Waals surface area contributed by atoms with Crippen LogP contribution in [0, 0.1) is 11.7 Å². The summed E-state index contributed by atoms with van der Waals surface area (Å²) in [5.74, 6) is 0. The number of nitrogens with one attached hydrogen (secondary N) is 1. The van der Waals surface area contributed by atoms with Gasteiger partial charge in [0.05, 0.1) is 0 Å². The van der Waals surface area contributed by atoms with Gasteiger partial charge in [-0.25, -0.2) is 0 Å². The number of aryl methyl sites for hydroxylation is 1. The van der Waals surface area contributed by atoms with E-state index in [0.29, 0.717) is 6.04 Å². The summed E-state index contributed by atoms with van der Waals surface area (Å²) in [6, 6.07) is 11.2. The van der Waals surface area contributed by atoms with Crippen molar-refractivity contribution in [1.82, 2.24) is 14.5 Å². The van der Waals surface area contributed by atoms with E-state index in [1.165, 1.54) is 30.6 Å². The van der Waals surface area contributed by atoms with E-state index in [0.717, 1.165) is 17.9 Å². The summed E-state index contributed by atoms with van der Waals surface area (Å²) in [4.78, 5) is 5.70. The minimum atomic E-state index is 0.506. The fraction of sp³-hybridized carbons (Fsp3) is 0.438. The Morgan fingerprint density at radius 3 is 2.80 bits per heavy atom. The first-order valence-corrected chi connectivity index (χ1v) is 7.67. The van der Waals surface area contributed by atoms with Crippen LogP contribution in [0.5, 0.6) is 0 Å². The van der Waals surface area contributed by atoms with Gasteiger partial charge in [0.15, 0.2) is 4.77 Å². The Bertz CT molecular complexity index is 614. The molecule has 20 heavy (non-hydrogen) atoms. The van der Waals surface area contributed by atoms with Crippen LogP contribution in [0.4, 0.5) is 0 Å². The molecule has 1 aliphatic heterocycles. The van der Waals surface area contributed by atoms with E-state index in [-0.39, 0.29) is 0 Å². The summed E-state index contributed by atoms with van der Waals surface area (Å²) in [6.07, 6.45) is 4.47. The number of piperidine rings is 1. The van der Waals surface area contributed by atoms with Crippen molar-refractivity contribution in [3.8, 4) is 0 Å². The number of aromatic amines is 1. The number of aromatic nitrogens is 2. The van der Waals surface area contributed by atoms with E-state index >= 15 is 0 Å². The van der Waals surface area contributed by atoms with Crippen molar-refractivity contribution < 1.29 is 0 Å². The van der Waals surface area contributed by atoms with Crippen molar-refractivity contribution in [2.24, 2.45) is 0 Å². The highest BCUT2D eigenvalue weighted by molar-refractivity contribution is 7.71. The number of benzene rings is 1. The van der Waals surface area contributed by atoms with Gasteiger partial charge in [-0.1, -0.05) is 30.3 Å². The molecular formula is C16H21N3S. The largest absolute Gasteiger partial charge is 0.337 e. The van der Waals surface area contributed by atoms with Crippen molar-refractivity contribution in [2.45, 2.75) is 32.4 Å². The Morgan fingerprint density at radius 1 is 1.30 bits per heavy atom. The van der Waals surface area contributed by atoms with Gasteiger partial charge in [-0.15, -0.1) is 0 Å². The summed E-state index contributed by atoms with van der Waals surface area (Å²) in [7, 11) is 0. The lowest BCUT2D eigenvalue weighted by Gasteiger charge is -2.34. The zero-order chi connectivity index (χ0) is 13.9. The van der Waals surface area contributed by atoms with Crippen LogP contribution in [-0.2, 0) is 6.54 Å². The van der Waals surface area contributed by atoms with Gasteiger partial charge in [0.2, 0.25) is 0 Å². The second-order valence-electron chi connectivity index (χ2n) is 5.62. The molecule has 1 fully saturated rings. The number of nitrogens with zero attached hydrogens (tertiary/aromatic N) is 2. The lowest BCUT2D eigenvalue weighted by Crippen LogP contribution is -2.36. The highest BCUT2D eigenvalue weighted by atomic mass is 32.1. The molecule has 1 atom stereocenters. The number of H-pyrrole nitrogens is 1. The van der Waals surface area contributed by atoms with Gasteiger partial charge in [0.1, 0.15) is 0 Å². The summed E-state index contributed by atoms with van der Waals surface area (Å²) in [6.45, 7) is 5.43. The quantitative estimate of drug-likeness (QED) is 0.871. The molecule has 1 N–H and O–H groups in total. The molecule has 1 aliphatic rings. The summed E-state index contributed by atoms with van der Waals surface area (Å²) >= 11 is 5.41. The molecule has 1 aromatic carbocycles. The highest BCUT2D eigenvalue weighted by Gasteiger charge is 2.22. The molecule has 0 amide bonds. The third-order valence-electron chi connectivity index (χ3n) is 4.10. The first kappa shape index (κ1) is 13.6. The van der Waals surface area contributed by atoms with Crippen LogP contribution in [0.25, 0.3) is 0 Å². The Labute approximate surface area is 125 Å². The fourth-order valence-corrected chi connectivity index (χ4v) is 3.50. The van der Waals surface area contributed by atoms with Gasteiger partial charge < -0.3 is 9.55 Å². The van der Waals surface area contributed by atoms with Crippen LogP contribution < -0.4 is 0 Å². The molecule has 0 spiro atoms. The molecule has 4 heteroatoms. The molecule has 1 saturated heterocycles. The molecule has 0 bridgehead atoms. The molecule has 3 nitrogen and oxygen atoms in total. The summed E-state index contributed by atoms with van der Waals surface area (Å²) < 4.78 is 3.14. The maximum atomic E-state index is 5.41. The third-order valence-corrected chi connectivity index (χ3v) is 4.41. The third kappa shape index (κ3) is 2.86. The first-order valence-electron chi connectivity index (χ1n) is 7.27. The van der Waals surface area contributed by atoms with E-state index in [9.17, 15) is 0 Å². The number of likely N-dealkylation sites (tertiary alicyclic amines) is 1. The Balaban J connectivity index is 1.72. The maximum Gasteiger partial charge on any atom is 0.177 e. The SMILES string of the molecule is Cc1c[nH]c(=S)n1C1CCCN(Cc2ccccc2)C1. The van der Waals surface area contributed by atoms with Gasteiger partial charge in [-0.3, -0.25) is 4.90 Å². The van der Waals surface area contributed by atoms with E-state index < -0.39 is 0 Å². The van der Waals surface area contributed by atoms with Crippen molar-refractivity contribution in [3.05, 3.63) is 52.6 Å². The van der Waals surface area contributed by atoms with E-state index in [1.807, 2.05) is 6.20 Å². The van der Waals surface area contributed by atoms with Gasteiger partial charge in [-0.05, 0) is 44.1 Å². The van der Waals surface area contributed by atoms with Crippen LogP contribution in [0.1, 0.15) is 30.1 Å². The molecular weight excluding hydrogens is 266 g/mol. The van der Waals surface area contributed by atoms with E-state index in [1.54, 1.807) is 0 Å². The smallest absolute Gasteiger partial charge is 0.177 e. The average molecular weight is 287 g/mol. The van der Waals surface area contributed by atoms with Crippen LogP contribution >= 0.6 is 12.2 Å². The van der Waals surface area contributed by atoms with Crippen LogP contribution in [0.2, 0.25) is 0 Å². The predicted octanol–water partition coefficient (Wildman–Crippen LogP) is 3.69. The van der Waals surface area contributed by atoms with Crippen LogP contribution in [0.3, 0.4) is 0 Å². The van der Waals surface area contributed by atoms with Gasteiger partial charge in [-0.2, -0.15) is 0 Å². The number of imidazole rings is 1. The zero-order valence-corrected chi connectivity index (χ0v) is 12.7. The van der Waals surface area contributed by atoms with Gasteiger partial charge in [0, 0.05) is 31.0 Å². The zero-order valence-electron chi connectivity index (χ0n) is 11.9.